The van der Waals surface area contributed by atoms with Crippen LogP contribution < -0.4 is 18.9 Å². The van der Waals surface area contributed by atoms with Gasteiger partial charge in [0.2, 0.25) is 0 Å². The molecular formula is C47H60O9. The number of benzene rings is 4. The number of para-hydroxylation sites is 4. The van der Waals surface area contributed by atoms with E-state index in [0.717, 1.165) is 67.5 Å². The lowest BCUT2D eigenvalue weighted by atomic mass is 9.91. The highest BCUT2D eigenvalue weighted by Gasteiger charge is 2.22. The van der Waals surface area contributed by atoms with Crippen molar-refractivity contribution in [2.24, 2.45) is 0 Å². The van der Waals surface area contributed by atoms with Crippen molar-refractivity contribution in [1.82, 2.24) is 0 Å². The molecule has 0 aliphatic heterocycles. The minimum absolute atomic E-state index is 0.391. The molecule has 0 saturated carbocycles. The van der Waals surface area contributed by atoms with Crippen LogP contribution in [0.3, 0.4) is 0 Å². The van der Waals surface area contributed by atoms with Gasteiger partial charge in [-0.15, -0.1) is 6.58 Å². The summed E-state index contributed by atoms with van der Waals surface area (Å²) in [7, 11) is 0. The van der Waals surface area contributed by atoms with Crippen molar-refractivity contribution in [3.05, 3.63) is 130 Å². The molecule has 1 aliphatic carbocycles. The molecule has 9 heteroatoms. The second-order valence-corrected chi connectivity index (χ2v) is 13.3. The molecule has 56 heavy (non-hydrogen) atoms. The molecular weight excluding hydrogens is 709 g/mol. The maximum Gasteiger partial charge on any atom is 0.126 e. The van der Waals surface area contributed by atoms with Gasteiger partial charge in [-0.05, 0) is 65.3 Å². The third kappa shape index (κ3) is 12.8. The molecule has 0 saturated heterocycles. The van der Waals surface area contributed by atoms with Gasteiger partial charge < -0.3 is 42.6 Å². The van der Waals surface area contributed by atoms with Crippen LogP contribution in [0.4, 0.5) is 0 Å². The number of ether oxygens (including phenoxy) is 9. The molecule has 0 fully saturated rings. The second kappa shape index (κ2) is 24.3. The molecule has 1 aliphatic rings. The zero-order valence-electron chi connectivity index (χ0n) is 33.6. The normalized spacial score (nSPS) is 12.3. The van der Waals surface area contributed by atoms with Crippen molar-refractivity contribution in [1.29, 1.82) is 0 Å². The standard InChI is InChI=1S/C47H60O9/c1-5-21-51-22-23-52-27-31-56-47-42-19-12-20-43(47)35-41-18-11-16-39(46(41)55-30-26-50-8-4)33-37-14-9-13-36(44(37)53-28-24-48-6-2)32-38-15-10-17-40(34-42)45(38)54-29-25-49-7-3/h5,9-20H,1,6-8,21-35H2,2-4H3. The van der Waals surface area contributed by atoms with Gasteiger partial charge in [0.25, 0.3) is 0 Å². The lowest BCUT2D eigenvalue weighted by molar-refractivity contribution is 0.0447. The summed E-state index contributed by atoms with van der Waals surface area (Å²) in [5.74, 6) is 3.43. The van der Waals surface area contributed by atoms with E-state index in [1.807, 2.05) is 20.8 Å². The van der Waals surface area contributed by atoms with E-state index in [4.69, 9.17) is 42.6 Å². The highest BCUT2D eigenvalue weighted by molar-refractivity contribution is 5.56. The molecule has 4 aromatic carbocycles. The molecule has 0 aromatic heterocycles. The van der Waals surface area contributed by atoms with Crippen LogP contribution in [0.2, 0.25) is 0 Å². The summed E-state index contributed by atoms with van der Waals surface area (Å²) in [5.41, 5.74) is 8.57. The van der Waals surface area contributed by atoms with Gasteiger partial charge in [-0.1, -0.05) is 78.9 Å². The maximum atomic E-state index is 6.67. The molecule has 0 radical (unpaired) electrons. The predicted octanol–water partition coefficient (Wildman–Crippen LogP) is 8.21. The van der Waals surface area contributed by atoms with E-state index in [9.17, 15) is 0 Å². The van der Waals surface area contributed by atoms with Crippen LogP contribution in [0.15, 0.2) is 85.5 Å². The van der Waals surface area contributed by atoms with Crippen LogP contribution in [0.1, 0.15) is 65.3 Å². The first-order valence-corrected chi connectivity index (χ1v) is 20.1. The van der Waals surface area contributed by atoms with Gasteiger partial charge in [0.1, 0.15) is 49.4 Å². The van der Waals surface area contributed by atoms with Gasteiger partial charge in [0.05, 0.1) is 46.2 Å². The minimum atomic E-state index is 0.391. The number of hydrogen-bond acceptors (Lipinski definition) is 9. The Morgan fingerprint density at radius 1 is 0.375 bits per heavy atom. The smallest absolute Gasteiger partial charge is 0.126 e. The van der Waals surface area contributed by atoms with Crippen LogP contribution >= 0.6 is 0 Å². The Kier molecular flexibility index (Phi) is 18.6. The molecule has 0 spiro atoms. The second-order valence-electron chi connectivity index (χ2n) is 13.3. The maximum absolute atomic E-state index is 6.67. The zero-order valence-corrected chi connectivity index (χ0v) is 33.6. The van der Waals surface area contributed by atoms with Crippen molar-refractivity contribution in [3.8, 4) is 23.0 Å². The fourth-order valence-electron chi connectivity index (χ4n) is 6.86. The average Bonchev–Trinajstić information content (AvgIpc) is 3.20. The van der Waals surface area contributed by atoms with Crippen molar-refractivity contribution in [2.75, 3.05) is 92.5 Å². The van der Waals surface area contributed by atoms with Crippen molar-refractivity contribution in [2.45, 2.75) is 46.5 Å². The Balaban J connectivity index is 1.60. The fraction of sp³-hybridized carbons (Fsp3) is 0.447. The highest BCUT2D eigenvalue weighted by atomic mass is 16.5. The number of fused-ring (bicyclic) bond motifs is 8. The van der Waals surface area contributed by atoms with E-state index in [1.165, 1.54) is 0 Å². The largest absolute Gasteiger partial charge is 0.491 e. The molecule has 4 aromatic rings. The van der Waals surface area contributed by atoms with Crippen molar-refractivity contribution < 1.29 is 42.6 Å². The van der Waals surface area contributed by atoms with Crippen molar-refractivity contribution in [3.63, 3.8) is 0 Å². The number of hydrogen-bond donors (Lipinski definition) is 0. The van der Waals surface area contributed by atoms with Crippen LogP contribution in [0.25, 0.3) is 0 Å². The first-order valence-electron chi connectivity index (χ1n) is 20.1. The molecule has 0 heterocycles. The Morgan fingerprint density at radius 2 is 0.625 bits per heavy atom. The molecule has 0 unspecified atom stereocenters. The van der Waals surface area contributed by atoms with E-state index in [2.05, 4.69) is 79.4 Å². The third-order valence-corrected chi connectivity index (χ3v) is 9.35. The van der Waals surface area contributed by atoms with Gasteiger partial charge in [-0.2, -0.15) is 0 Å². The highest BCUT2D eigenvalue weighted by Crippen LogP contribution is 2.39. The van der Waals surface area contributed by atoms with E-state index in [0.29, 0.717) is 118 Å². The van der Waals surface area contributed by atoms with Crippen molar-refractivity contribution >= 4 is 0 Å². The zero-order chi connectivity index (χ0) is 39.2. The van der Waals surface area contributed by atoms with Gasteiger partial charge in [0, 0.05) is 45.5 Å². The summed E-state index contributed by atoms with van der Waals surface area (Å²) in [6, 6.07) is 25.7. The van der Waals surface area contributed by atoms with E-state index in [1.54, 1.807) is 6.08 Å². The monoisotopic (exact) mass is 768 g/mol. The Bertz CT molecular complexity index is 1670. The quantitative estimate of drug-likeness (QED) is 0.0456. The summed E-state index contributed by atoms with van der Waals surface area (Å²) in [6.07, 6.45) is 4.17. The van der Waals surface area contributed by atoms with Gasteiger partial charge >= 0.3 is 0 Å². The molecule has 0 amide bonds. The lowest BCUT2D eigenvalue weighted by Crippen LogP contribution is -2.14. The third-order valence-electron chi connectivity index (χ3n) is 9.35. The van der Waals surface area contributed by atoms with Gasteiger partial charge in [-0.3, -0.25) is 0 Å². The Labute approximate surface area is 333 Å². The molecule has 9 nitrogen and oxygen atoms in total. The SMILES string of the molecule is C=CCOCCOCCOc1c2cccc1Cc1cccc(c1OCCOCC)Cc1cccc(c1OCCOCC)Cc1cccc(c1OCCOCC)C2. The first-order chi connectivity index (χ1) is 27.7. The van der Waals surface area contributed by atoms with Crippen LogP contribution in [-0.2, 0) is 49.4 Å². The summed E-state index contributed by atoms with van der Waals surface area (Å²) in [4.78, 5) is 0. The predicted molar refractivity (Wildman–Crippen MR) is 220 cm³/mol. The first kappa shape index (κ1) is 42.8. The summed E-state index contributed by atoms with van der Waals surface area (Å²) < 4.78 is 54.9. The Hall–Kier alpha value is -4.38. The average molecular weight is 769 g/mol. The van der Waals surface area contributed by atoms with E-state index in [-0.39, 0.29) is 0 Å². The van der Waals surface area contributed by atoms with E-state index < -0.39 is 0 Å². The van der Waals surface area contributed by atoms with E-state index >= 15 is 0 Å². The summed E-state index contributed by atoms with van der Waals surface area (Å²) >= 11 is 0. The summed E-state index contributed by atoms with van der Waals surface area (Å²) in [6.45, 7) is 16.7. The minimum Gasteiger partial charge on any atom is -0.491 e. The van der Waals surface area contributed by atoms with Crippen LogP contribution in [0, 0.1) is 0 Å². The molecule has 302 valence electrons. The number of rotatable bonds is 24. The van der Waals surface area contributed by atoms with Gasteiger partial charge in [0.15, 0.2) is 0 Å². The molecule has 5 rings (SSSR count). The van der Waals surface area contributed by atoms with Crippen LogP contribution in [-0.4, -0.2) is 92.5 Å². The van der Waals surface area contributed by atoms with Gasteiger partial charge in [-0.25, -0.2) is 0 Å². The Morgan fingerprint density at radius 3 is 0.893 bits per heavy atom. The topological polar surface area (TPSA) is 83.1 Å². The summed E-state index contributed by atoms with van der Waals surface area (Å²) in [5, 5.41) is 0. The molecule has 0 atom stereocenters. The van der Waals surface area contributed by atoms with Crippen LogP contribution in [0.5, 0.6) is 23.0 Å². The lowest BCUT2D eigenvalue weighted by Gasteiger charge is -2.23. The molecule has 8 bridgehead atoms. The molecule has 0 N–H and O–H groups in total. The fourth-order valence-corrected chi connectivity index (χ4v) is 6.86.